The highest BCUT2D eigenvalue weighted by atomic mass is 32.1. The molecule has 7 heteroatoms. The molecule has 2 heterocycles. The van der Waals surface area contributed by atoms with Crippen molar-refractivity contribution in [1.29, 1.82) is 0 Å². The number of allylic oxidation sites excluding steroid dienone is 1. The lowest BCUT2D eigenvalue weighted by atomic mass is 9.96. The number of hydrogen-bond acceptors (Lipinski definition) is 5. The molecule has 0 unspecified atom stereocenters. The molecule has 3 aromatic carbocycles. The highest BCUT2D eigenvalue weighted by Gasteiger charge is 2.33. The van der Waals surface area contributed by atoms with Gasteiger partial charge in [-0.3, -0.25) is 9.36 Å². The zero-order chi connectivity index (χ0) is 24.4. The highest BCUT2D eigenvalue weighted by Crippen LogP contribution is 2.31. The average Bonchev–Trinajstić information content (AvgIpc) is 3.17. The van der Waals surface area contributed by atoms with Crippen molar-refractivity contribution in [2.75, 3.05) is 0 Å². The Morgan fingerprint density at radius 1 is 1.03 bits per heavy atom. The van der Waals surface area contributed by atoms with Gasteiger partial charge in [-0.05, 0) is 41.8 Å². The number of esters is 1. The Bertz CT molecular complexity index is 1590. The van der Waals surface area contributed by atoms with Crippen molar-refractivity contribution in [3.05, 3.63) is 138 Å². The molecule has 5 nitrogen and oxygen atoms in total. The first-order chi connectivity index (χ1) is 17.0. The summed E-state index contributed by atoms with van der Waals surface area (Å²) >= 11 is 1.25. The van der Waals surface area contributed by atoms with Gasteiger partial charge in [0, 0.05) is 0 Å². The zero-order valence-corrected chi connectivity index (χ0v) is 19.7. The molecule has 0 N–H and O–H groups in total. The van der Waals surface area contributed by atoms with Crippen LogP contribution < -0.4 is 14.9 Å². The monoisotopic (exact) mass is 484 g/mol. The van der Waals surface area contributed by atoms with E-state index in [9.17, 15) is 14.0 Å². The summed E-state index contributed by atoms with van der Waals surface area (Å²) in [4.78, 5) is 31.9. The van der Waals surface area contributed by atoms with Crippen LogP contribution in [0, 0.1) is 5.82 Å². The summed E-state index contributed by atoms with van der Waals surface area (Å²) in [6.07, 6.45) is 1.80. The van der Waals surface area contributed by atoms with Gasteiger partial charge in [0.05, 0.1) is 21.8 Å². The average molecular weight is 485 g/mol. The molecular formula is C28H21FN2O3S. The molecule has 0 aliphatic carbocycles. The second kappa shape index (κ2) is 9.64. The lowest BCUT2D eigenvalue weighted by Crippen LogP contribution is -2.39. The summed E-state index contributed by atoms with van der Waals surface area (Å²) in [6, 6.07) is 23.9. The molecule has 0 fully saturated rings. The Morgan fingerprint density at radius 2 is 1.69 bits per heavy atom. The molecular weight excluding hydrogens is 463 g/mol. The van der Waals surface area contributed by atoms with Crippen molar-refractivity contribution >= 4 is 23.4 Å². The first-order valence-electron chi connectivity index (χ1n) is 11.1. The second-order valence-corrected chi connectivity index (χ2v) is 9.11. The molecule has 0 spiro atoms. The zero-order valence-electron chi connectivity index (χ0n) is 18.9. The molecule has 1 aliphatic rings. The minimum absolute atomic E-state index is 0.0883. The number of aromatic nitrogens is 1. The van der Waals surface area contributed by atoms with Gasteiger partial charge in [0.25, 0.3) is 5.56 Å². The van der Waals surface area contributed by atoms with E-state index in [-0.39, 0.29) is 17.7 Å². The van der Waals surface area contributed by atoms with Gasteiger partial charge in [-0.25, -0.2) is 14.2 Å². The van der Waals surface area contributed by atoms with Crippen LogP contribution in [0.1, 0.15) is 29.7 Å². The van der Waals surface area contributed by atoms with Gasteiger partial charge in [0.1, 0.15) is 12.4 Å². The number of hydrogen-bond donors (Lipinski definition) is 0. The number of fused-ring (bicyclic) bond motifs is 1. The molecule has 1 atom stereocenters. The maximum atomic E-state index is 13.7. The molecule has 1 aliphatic heterocycles. The normalized spacial score (nSPS) is 15.5. The Kier molecular flexibility index (Phi) is 6.25. The highest BCUT2D eigenvalue weighted by molar-refractivity contribution is 7.07. The van der Waals surface area contributed by atoms with Crippen LogP contribution in [0.3, 0.4) is 0 Å². The molecule has 35 heavy (non-hydrogen) atoms. The lowest BCUT2D eigenvalue weighted by molar-refractivity contribution is -0.140. The van der Waals surface area contributed by atoms with Gasteiger partial charge < -0.3 is 4.74 Å². The van der Waals surface area contributed by atoms with Crippen LogP contribution in [-0.2, 0) is 16.1 Å². The second-order valence-electron chi connectivity index (χ2n) is 8.11. The number of nitrogens with zero attached hydrogens (tertiary/aromatic N) is 2. The molecule has 1 aromatic heterocycles. The molecule has 0 amide bonds. The number of rotatable bonds is 5. The quantitative estimate of drug-likeness (QED) is 0.401. The largest absolute Gasteiger partial charge is 0.457 e. The van der Waals surface area contributed by atoms with Crippen LogP contribution in [0.4, 0.5) is 4.39 Å². The Morgan fingerprint density at radius 3 is 2.37 bits per heavy atom. The van der Waals surface area contributed by atoms with E-state index in [1.54, 1.807) is 25.1 Å². The number of halogens is 1. The fourth-order valence-corrected chi connectivity index (χ4v) is 5.09. The third-order valence-corrected chi connectivity index (χ3v) is 6.72. The minimum atomic E-state index is -0.784. The Hall–Kier alpha value is -4.10. The van der Waals surface area contributed by atoms with E-state index in [0.29, 0.717) is 20.6 Å². The third-order valence-electron chi connectivity index (χ3n) is 5.74. The maximum absolute atomic E-state index is 13.7. The molecule has 0 bridgehead atoms. The summed E-state index contributed by atoms with van der Waals surface area (Å²) in [6.45, 7) is 1.81. The van der Waals surface area contributed by atoms with E-state index in [1.165, 1.54) is 28.0 Å². The first kappa shape index (κ1) is 22.7. The van der Waals surface area contributed by atoms with Crippen molar-refractivity contribution in [1.82, 2.24) is 4.57 Å². The van der Waals surface area contributed by atoms with Crippen molar-refractivity contribution < 1.29 is 13.9 Å². The van der Waals surface area contributed by atoms with Crippen molar-refractivity contribution in [3.8, 4) is 0 Å². The SMILES string of the molecule is CC1=C(C(=O)OCc2ccccc2)[C@H](c2ccc(F)cc2)n2c(s/c(=C/c3ccccc3)c2=O)=N1. The van der Waals surface area contributed by atoms with Crippen molar-refractivity contribution in [3.63, 3.8) is 0 Å². The van der Waals surface area contributed by atoms with E-state index in [0.717, 1.165) is 11.1 Å². The smallest absolute Gasteiger partial charge is 0.338 e. The van der Waals surface area contributed by atoms with Crippen molar-refractivity contribution in [2.24, 2.45) is 4.99 Å². The summed E-state index contributed by atoms with van der Waals surface area (Å²) < 4.78 is 21.3. The summed E-state index contributed by atoms with van der Waals surface area (Å²) in [5.41, 5.74) is 2.77. The predicted molar refractivity (Wildman–Crippen MR) is 133 cm³/mol. The molecule has 0 saturated carbocycles. The fourth-order valence-electron chi connectivity index (χ4n) is 4.04. The van der Waals surface area contributed by atoms with Gasteiger partial charge >= 0.3 is 5.97 Å². The number of carbonyl (C=O) groups is 1. The summed E-state index contributed by atoms with van der Waals surface area (Å²) in [5.74, 6) is -0.971. The van der Waals surface area contributed by atoms with E-state index < -0.39 is 17.8 Å². The summed E-state index contributed by atoms with van der Waals surface area (Å²) in [7, 11) is 0. The third kappa shape index (κ3) is 4.63. The van der Waals surface area contributed by atoms with Gasteiger partial charge in [0.2, 0.25) is 0 Å². The van der Waals surface area contributed by atoms with E-state index in [1.807, 2.05) is 60.7 Å². The number of thiazole rings is 1. The predicted octanol–water partition coefficient (Wildman–Crippen LogP) is 4.12. The van der Waals surface area contributed by atoms with Crippen molar-refractivity contribution in [2.45, 2.75) is 19.6 Å². The molecule has 4 aromatic rings. The van der Waals surface area contributed by atoms with Gasteiger partial charge in [-0.2, -0.15) is 0 Å². The lowest BCUT2D eigenvalue weighted by Gasteiger charge is -2.24. The van der Waals surface area contributed by atoms with Gasteiger partial charge in [0.15, 0.2) is 4.80 Å². The molecule has 0 saturated heterocycles. The minimum Gasteiger partial charge on any atom is -0.457 e. The van der Waals surface area contributed by atoms with Crippen LogP contribution >= 0.6 is 11.3 Å². The molecule has 0 radical (unpaired) electrons. The van der Waals surface area contributed by atoms with Gasteiger partial charge in [-0.15, -0.1) is 0 Å². The molecule has 5 rings (SSSR count). The van der Waals surface area contributed by atoms with E-state index in [4.69, 9.17) is 4.74 Å². The van der Waals surface area contributed by atoms with Crippen LogP contribution in [0.15, 0.2) is 106 Å². The summed E-state index contributed by atoms with van der Waals surface area (Å²) in [5, 5.41) is 0. The van der Waals surface area contributed by atoms with E-state index >= 15 is 0 Å². The first-order valence-corrected chi connectivity index (χ1v) is 11.9. The maximum Gasteiger partial charge on any atom is 0.338 e. The van der Waals surface area contributed by atoms with Crippen LogP contribution in [0.2, 0.25) is 0 Å². The standard InChI is InChI=1S/C28H21FN2O3S/c1-18-24(27(33)34-17-20-10-6-3-7-11-20)25(21-12-14-22(29)15-13-21)31-26(32)23(35-28(31)30-18)16-19-8-4-2-5-9-19/h2-16,25H,17H2,1H3/b23-16+/t25-/m0/s1. The van der Waals surface area contributed by atoms with Crippen LogP contribution in [0.5, 0.6) is 0 Å². The number of ether oxygens (including phenoxy) is 1. The number of benzene rings is 3. The Balaban J connectivity index is 1.61. The van der Waals surface area contributed by atoms with E-state index in [2.05, 4.69) is 4.99 Å². The van der Waals surface area contributed by atoms with Crippen LogP contribution in [0.25, 0.3) is 6.08 Å². The Labute approximate surface area is 204 Å². The van der Waals surface area contributed by atoms with Crippen LogP contribution in [-0.4, -0.2) is 10.5 Å². The fraction of sp³-hybridized carbons (Fsp3) is 0.107. The molecule has 174 valence electrons. The topological polar surface area (TPSA) is 60.7 Å². The number of carbonyl (C=O) groups excluding carboxylic acids is 1. The van der Waals surface area contributed by atoms with Gasteiger partial charge in [-0.1, -0.05) is 84.1 Å².